The highest BCUT2D eigenvalue weighted by molar-refractivity contribution is 5.12. The molecule has 1 aromatic heterocycles. The molecule has 0 amide bonds. The van der Waals surface area contributed by atoms with Crippen LogP contribution in [-0.2, 0) is 19.4 Å². The zero-order valence-electron chi connectivity index (χ0n) is 11.3. The monoisotopic (exact) mass is 235 g/mol. The van der Waals surface area contributed by atoms with Gasteiger partial charge in [-0.3, -0.25) is 4.68 Å². The van der Waals surface area contributed by atoms with Crippen LogP contribution in [0.25, 0.3) is 0 Å². The Hall–Kier alpha value is -0.830. The zero-order valence-corrected chi connectivity index (χ0v) is 11.3. The summed E-state index contributed by atoms with van der Waals surface area (Å²) in [4.78, 5) is 0. The Balaban J connectivity index is 2.10. The van der Waals surface area contributed by atoms with Crippen LogP contribution in [0, 0.1) is 11.8 Å². The average molecular weight is 235 g/mol. The number of rotatable bonds is 4. The third-order valence-electron chi connectivity index (χ3n) is 4.34. The Kier molecular flexibility index (Phi) is 3.87. The van der Waals surface area contributed by atoms with Crippen molar-refractivity contribution in [2.24, 2.45) is 17.6 Å². The van der Waals surface area contributed by atoms with Crippen molar-refractivity contribution in [3.63, 3.8) is 0 Å². The van der Waals surface area contributed by atoms with E-state index < -0.39 is 0 Å². The van der Waals surface area contributed by atoms with E-state index in [4.69, 9.17) is 5.73 Å². The SMILES string of the molecule is CCc1cc(CC2CCC(N)C2C)n(CC)n1. The summed E-state index contributed by atoms with van der Waals surface area (Å²) in [7, 11) is 0. The van der Waals surface area contributed by atoms with Crippen LogP contribution in [0.15, 0.2) is 6.07 Å². The van der Waals surface area contributed by atoms with Gasteiger partial charge in [-0.05, 0) is 50.5 Å². The fourth-order valence-corrected chi connectivity index (χ4v) is 2.96. The molecular weight excluding hydrogens is 210 g/mol. The molecule has 0 saturated heterocycles. The van der Waals surface area contributed by atoms with Crippen molar-refractivity contribution < 1.29 is 0 Å². The van der Waals surface area contributed by atoms with Gasteiger partial charge in [0.05, 0.1) is 5.69 Å². The number of nitrogens with two attached hydrogens (primary N) is 1. The predicted octanol–water partition coefficient (Wildman–Crippen LogP) is 2.38. The Labute approximate surface area is 104 Å². The van der Waals surface area contributed by atoms with Crippen molar-refractivity contribution in [1.29, 1.82) is 0 Å². The van der Waals surface area contributed by atoms with E-state index in [0.717, 1.165) is 25.3 Å². The van der Waals surface area contributed by atoms with Crippen molar-refractivity contribution in [1.82, 2.24) is 9.78 Å². The Morgan fingerprint density at radius 3 is 2.71 bits per heavy atom. The number of aryl methyl sites for hydroxylation is 2. The van der Waals surface area contributed by atoms with Crippen LogP contribution in [0.3, 0.4) is 0 Å². The third-order valence-corrected chi connectivity index (χ3v) is 4.34. The second-order valence-electron chi connectivity index (χ2n) is 5.36. The molecule has 3 nitrogen and oxygen atoms in total. The summed E-state index contributed by atoms with van der Waals surface area (Å²) in [6.07, 6.45) is 4.64. The molecule has 1 heterocycles. The van der Waals surface area contributed by atoms with Gasteiger partial charge in [0.15, 0.2) is 0 Å². The summed E-state index contributed by atoms with van der Waals surface area (Å²) < 4.78 is 2.16. The van der Waals surface area contributed by atoms with Crippen LogP contribution in [-0.4, -0.2) is 15.8 Å². The first-order valence-corrected chi connectivity index (χ1v) is 6.96. The fraction of sp³-hybridized carbons (Fsp3) is 0.786. The van der Waals surface area contributed by atoms with Gasteiger partial charge in [0.2, 0.25) is 0 Å². The summed E-state index contributed by atoms with van der Waals surface area (Å²) in [6, 6.07) is 2.68. The van der Waals surface area contributed by atoms with E-state index in [0.29, 0.717) is 12.0 Å². The third kappa shape index (κ3) is 2.54. The summed E-state index contributed by atoms with van der Waals surface area (Å²) in [5.41, 5.74) is 8.72. The van der Waals surface area contributed by atoms with Gasteiger partial charge in [-0.1, -0.05) is 13.8 Å². The highest BCUT2D eigenvalue weighted by Crippen LogP contribution is 2.33. The minimum atomic E-state index is 0.406. The standard InChI is InChI=1S/C14H25N3/c1-4-12-9-13(17(5-2)16-12)8-11-6-7-14(15)10(11)3/h9-11,14H,4-8,15H2,1-3H3. The molecule has 2 N–H and O–H groups in total. The van der Waals surface area contributed by atoms with Crippen molar-refractivity contribution in [3.8, 4) is 0 Å². The lowest BCUT2D eigenvalue weighted by molar-refractivity contribution is 0.380. The van der Waals surface area contributed by atoms with Crippen LogP contribution in [0.4, 0.5) is 0 Å². The van der Waals surface area contributed by atoms with E-state index in [1.807, 2.05) is 0 Å². The van der Waals surface area contributed by atoms with Gasteiger partial charge in [-0.25, -0.2) is 0 Å². The molecule has 0 aliphatic heterocycles. The number of hydrogen-bond acceptors (Lipinski definition) is 2. The molecule has 3 atom stereocenters. The van der Waals surface area contributed by atoms with Crippen LogP contribution < -0.4 is 5.73 Å². The highest BCUT2D eigenvalue weighted by atomic mass is 15.3. The molecule has 1 aromatic rings. The van der Waals surface area contributed by atoms with Crippen molar-refractivity contribution in [2.75, 3.05) is 0 Å². The highest BCUT2D eigenvalue weighted by Gasteiger charge is 2.30. The van der Waals surface area contributed by atoms with Crippen LogP contribution in [0.2, 0.25) is 0 Å². The maximum absolute atomic E-state index is 6.10. The van der Waals surface area contributed by atoms with E-state index in [2.05, 4.69) is 36.6 Å². The molecule has 3 unspecified atom stereocenters. The van der Waals surface area contributed by atoms with Crippen molar-refractivity contribution >= 4 is 0 Å². The quantitative estimate of drug-likeness (QED) is 0.870. The topological polar surface area (TPSA) is 43.8 Å². The van der Waals surface area contributed by atoms with E-state index in [1.54, 1.807) is 0 Å². The number of hydrogen-bond donors (Lipinski definition) is 1. The lowest BCUT2D eigenvalue weighted by Gasteiger charge is -2.18. The maximum Gasteiger partial charge on any atom is 0.0624 e. The maximum atomic E-state index is 6.10. The smallest absolute Gasteiger partial charge is 0.0624 e. The second kappa shape index (κ2) is 5.21. The van der Waals surface area contributed by atoms with Gasteiger partial charge in [-0.2, -0.15) is 5.10 Å². The number of aromatic nitrogens is 2. The molecule has 0 aromatic carbocycles. The minimum absolute atomic E-state index is 0.406. The second-order valence-corrected chi connectivity index (χ2v) is 5.36. The Morgan fingerprint density at radius 1 is 1.41 bits per heavy atom. The summed E-state index contributed by atoms with van der Waals surface area (Å²) >= 11 is 0. The zero-order chi connectivity index (χ0) is 12.4. The van der Waals surface area contributed by atoms with Crippen molar-refractivity contribution in [3.05, 3.63) is 17.5 Å². The van der Waals surface area contributed by atoms with Crippen LogP contribution >= 0.6 is 0 Å². The summed E-state index contributed by atoms with van der Waals surface area (Å²) in [5.74, 6) is 1.40. The molecular formula is C14H25N3. The first-order chi connectivity index (χ1) is 8.15. The molecule has 1 aliphatic rings. The molecule has 1 saturated carbocycles. The van der Waals surface area contributed by atoms with Gasteiger partial charge in [0, 0.05) is 18.3 Å². The normalized spacial score (nSPS) is 28.8. The van der Waals surface area contributed by atoms with Gasteiger partial charge < -0.3 is 5.73 Å². The Bertz CT molecular complexity index is 370. The minimum Gasteiger partial charge on any atom is -0.327 e. The van der Waals surface area contributed by atoms with Crippen LogP contribution in [0.1, 0.15) is 45.0 Å². The first kappa shape index (κ1) is 12.6. The van der Waals surface area contributed by atoms with E-state index in [1.165, 1.54) is 24.2 Å². The molecule has 3 heteroatoms. The molecule has 0 radical (unpaired) electrons. The molecule has 0 spiro atoms. The molecule has 96 valence electrons. The lowest BCUT2D eigenvalue weighted by atomic mass is 9.91. The molecule has 1 fully saturated rings. The van der Waals surface area contributed by atoms with E-state index in [9.17, 15) is 0 Å². The molecule has 1 aliphatic carbocycles. The summed E-state index contributed by atoms with van der Waals surface area (Å²) in [5, 5.41) is 4.62. The average Bonchev–Trinajstić information content (AvgIpc) is 2.87. The first-order valence-electron chi connectivity index (χ1n) is 6.96. The van der Waals surface area contributed by atoms with Crippen LogP contribution in [0.5, 0.6) is 0 Å². The number of nitrogens with zero attached hydrogens (tertiary/aromatic N) is 2. The Morgan fingerprint density at radius 2 is 2.18 bits per heavy atom. The van der Waals surface area contributed by atoms with E-state index >= 15 is 0 Å². The summed E-state index contributed by atoms with van der Waals surface area (Å²) in [6.45, 7) is 7.61. The van der Waals surface area contributed by atoms with Gasteiger partial charge in [0.1, 0.15) is 0 Å². The largest absolute Gasteiger partial charge is 0.327 e. The molecule has 17 heavy (non-hydrogen) atoms. The lowest BCUT2D eigenvalue weighted by Crippen LogP contribution is -2.26. The van der Waals surface area contributed by atoms with Gasteiger partial charge in [0.25, 0.3) is 0 Å². The predicted molar refractivity (Wildman–Crippen MR) is 70.8 cm³/mol. The molecule has 0 bridgehead atoms. The van der Waals surface area contributed by atoms with E-state index in [-0.39, 0.29) is 0 Å². The van der Waals surface area contributed by atoms with Gasteiger partial charge >= 0.3 is 0 Å². The van der Waals surface area contributed by atoms with Crippen molar-refractivity contribution in [2.45, 2.75) is 59.0 Å². The van der Waals surface area contributed by atoms with Gasteiger partial charge in [-0.15, -0.1) is 0 Å². The molecule has 2 rings (SSSR count). The fourth-order valence-electron chi connectivity index (χ4n) is 2.96.